The average Bonchev–Trinajstić information content (AvgIpc) is 2.40. The first-order valence-electron chi connectivity index (χ1n) is 6.95. The van der Waals surface area contributed by atoms with E-state index < -0.39 is 0 Å². The van der Waals surface area contributed by atoms with Crippen molar-refractivity contribution in [3.8, 4) is 0 Å². The fraction of sp³-hybridized carbons (Fsp3) is 0.333. The summed E-state index contributed by atoms with van der Waals surface area (Å²) in [5.41, 5.74) is 3.50. The van der Waals surface area contributed by atoms with Crippen molar-refractivity contribution in [1.82, 2.24) is 5.32 Å². The number of halogens is 1. The highest BCUT2D eigenvalue weighted by atomic mass is 19.1. The summed E-state index contributed by atoms with van der Waals surface area (Å²) < 4.78 is 13.1. The highest BCUT2D eigenvalue weighted by molar-refractivity contribution is 5.33. The maximum atomic E-state index is 13.1. The summed E-state index contributed by atoms with van der Waals surface area (Å²) in [4.78, 5) is 0. The van der Waals surface area contributed by atoms with Gasteiger partial charge in [-0.3, -0.25) is 0 Å². The summed E-state index contributed by atoms with van der Waals surface area (Å²) in [6, 6.07) is 15.5. The molecule has 0 spiro atoms. The van der Waals surface area contributed by atoms with Crippen LogP contribution in [-0.2, 0) is 5.41 Å². The van der Waals surface area contributed by atoms with Gasteiger partial charge in [0, 0.05) is 11.5 Å². The van der Waals surface area contributed by atoms with Crippen molar-refractivity contribution in [1.29, 1.82) is 0 Å². The molecule has 1 nitrogen and oxygen atoms in total. The molecular formula is C18H22FN. The van der Waals surface area contributed by atoms with E-state index >= 15 is 0 Å². The van der Waals surface area contributed by atoms with Gasteiger partial charge in [0.2, 0.25) is 0 Å². The number of hydrogen-bond donors (Lipinski definition) is 1. The van der Waals surface area contributed by atoms with E-state index in [9.17, 15) is 4.39 Å². The third-order valence-corrected chi connectivity index (χ3v) is 3.97. The second kappa shape index (κ2) is 5.76. The highest BCUT2D eigenvalue weighted by Crippen LogP contribution is 2.36. The van der Waals surface area contributed by atoms with E-state index in [-0.39, 0.29) is 17.3 Å². The minimum absolute atomic E-state index is 0.129. The van der Waals surface area contributed by atoms with Crippen LogP contribution in [0.2, 0.25) is 0 Å². The number of nitrogens with one attached hydrogen (secondary N) is 1. The van der Waals surface area contributed by atoms with Crippen molar-refractivity contribution in [3.05, 3.63) is 71.0 Å². The number of rotatable bonds is 4. The molecule has 2 rings (SSSR count). The molecule has 0 aliphatic heterocycles. The lowest BCUT2D eigenvalue weighted by atomic mass is 9.75. The summed E-state index contributed by atoms with van der Waals surface area (Å²) >= 11 is 0. The molecule has 1 atom stereocenters. The first kappa shape index (κ1) is 14.7. The fourth-order valence-electron chi connectivity index (χ4n) is 2.84. The molecule has 0 bridgehead atoms. The van der Waals surface area contributed by atoms with E-state index in [4.69, 9.17) is 0 Å². The highest BCUT2D eigenvalue weighted by Gasteiger charge is 2.31. The zero-order valence-corrected chi connectivity index (χ0v) is 12.6. The van der Waals surface area contributed by atoms with Crippen LogP contribution in [-0.4, -0.2) is 7.05 Å². The van der Waals surface area contributed by atoms with E-state index in [1.807, 2.05) is 19.2 Å². The number of aryl methyl sites for hydroxylation is 1. The molecule has 0 heterocycles. The van der Waals surface area contributed by atoms with Crippen LogP contribution in [0.4, 0.5) is 4.39 Å². The standard InChI is InChI=1S/C18H22FN/c1-13-6-5-7-14(12-13)17(20-4)18(2,3)15-8-10-16(19)11-9-15/h5-12,17,20H,1-4H3. The van der Waals surface area contributed by atoms with Crippen LogP contribution < -0.4 is 5.32 Å². The van der Waals surface area contributed by atoms with Crippen molar-refractivity contribution < 1.29 is 4.39 Å². The minimum atomic E-state index is -0.193. The molecule has 20 heavy (non-hydrogen) atoms. The number of hydrogen-bond acceptors (Lipinski definition) is 1. The predicted molar refractivity (Wildman–Crippen MR) is 82.4 cm³/mol. The van der Waals surface area contributed by atoms with Crippen molar-refractivity contribution >= 4 is 0 Å². The Morgan fingerprint density at radius 2 is 1.70 bits per heavy atom. The largest absolute Gasteiger partial charge is 0.312 e. The Kier molecular flexibility index (Phi) is 4.24. The minimum Gasteiger partial charge on any atom is -0.312 e. The van der Waals surface area contributed by atoms with Crippen molar-refractivity contribution in [2.75, 3.05) is 7.05 Å². The summed E-state index contributed by atoms with van der Waals surface area (Å²) in [6.07, 6.45) is 0. The molecule has 1 N–H and O–H groups in total. The lowest BCUT2D eigenvalue weighted by Gasteiger charge is -2.35. The summed E-state index contributed by atoms with van der Waals surface area (Å²) in [5.74, 6) is -0.193. The molecule has 0 aliphatic rings. The van der Waals surface area contributed by atoms with Crippen LogP contribution in [0.5, 0.6) is 0 Å². The Bertz CT molecular complexity index is 572. The van der Waals surface area contributed by atoms with Crippen LogP contribution >= 0.6 is 0 Å². The molecule has 0 amide bonds. The average molecular weight is 271 g/mol. The Morgan fingerprint density at radius 1 is 1.05 bits per heavy atom. The van der Waals surface area contributed by atoms with Gasteiger partial charge in [0.05, 0.1) is 0 Å². The van der Waals surface area contributed by atoms with E-state index in [2.05, 4.69) is 50.4 Å². The smallest absolute Gasteiger partial charge is 0.123 e. The van der Waals surface area contributed by atoms with Crippen LogP contribution in [0.1, 0.15) is 36.6 Å². The lowest BCUT2D eigenvalue weighted by molar-refractivity contribution is 0.368. The molecule has 2 aromatic carbocycles. The summed E-state index contributed by atoms with van der Waals surface area (Å²) in [6.45, 7) is 6.47. The normalized spacial score (nSPS) is 13.2. The Morgan fingerprint density at radius 3 is 2.25 bits per heavy atom. The molecule has 0 saturated carbocycles. The molecule has 0 aromatic heterocycles. The van der Waals surface area contributed by atoms with Gasteiger partial charge in [-0.2, -0.15) is 0 Å². The topological polar surface area (TPSA) is 12.0 Å². The van der Waals surface area contributed by atoms with Crippen molar-refractivity contribution in [2.24, 2.45) is 0 Å². The molecule has 0 saturated heterocycles. The Labute approximate surface area is 120 Å². The Hall–Kier alpha value is -1.67. The van der Waals surface area contributed by atoms with E-state index in [1.165, 1.54) is 23.3 Å². The molecule has 0 fully saturated rings. The van der Waals surface area contributed by atoms with Gasteiger partial charge in [0.25, 0.3) is 0 Å². The molecule has 0 aliphatic carbocycles. The molecule has 2 aromatic rings. The van der Waals surface area contributed by atoms with Gasteiger partial charge >= 0.3 is 0 Å². The van der Waals surface area contributed by atoms with Gasteiger partial charge in [-0.05, 0) is 37.2 Å². The van der Waals surface area contributed by atoms with E-state index in [0.29, 0.717) is 0 Å². The van der Waals surface area contributed by atoms with Crippen LogP contribution in [0.15, 0.2) is 48.5 Å². The second-order valence-corrected chi connectivity index (χ2v) is 5.86. The van der Waals surface area contributed by atoms with Gasteiger partial charge in [0.15, 0.2) is 0 Å². The lowest BCUT2D eigenvalue weighted by Crippen LogP contribution is -2.35. The van der Waals surface area contributed by atoms with Crippen LogP contribution in [0, 0.1) is 12.7 Å². The third-order valence-electron chi connectivity index (χ3n) is 3.97. The summed E-state index contributed by atoms with van der Waals surface area (Å²) in [7, 11) is 1.97. The molecule has 1 unspecified atom stereocenters. The van der Waals surface area contributed by atoms with Gasteiger partial charge in [-0.15, -0.1) is 0 Å². The first-order chi connectivity index (χ1) is 9.45. The SMILES string of the molecule is CNC(c1cccc(C)c1)C(C)(C)c1ccc(F)cc1. The number of likely N-dealkylation sites (N-methyl/N-ethyl adjacent to an activating group) is 1. The van der Waals surface area contributed by atoms with E-state index in [1.54, 1.807) is 0 Å². The van der Waals surface area contributed by atoms with Crippen LogP contribution in [0.3, 0.4) is 0 Å². The zero-order chi connectivity index (χ0) is 14.8. The van der Waals surface area contributed by atoms with E-state index in [0.717, 1.165) is 5.56 Å². The van der Waals surface area contributed by atoms with Crippen molar-refractivity contribution in [2.45, 2.75) is 32.2 Å². The van der Waals surface area contributed by atoms with Gasteiger partial charge in [0.1, 0.15) is 5.82 Å². The molecular weight excluding hydrogens is 249 g/mol. The van der Waals surface area contributed by atoms with Gasteiger partial charge < -0.3 is 5.32 Å². The predicted octanol–water partition coefficient (Wildman–Crippen LogP) is 4.37. The maximum Gasteiger partial charge on any atom is 0.123 e. The summed E-state index contributed by atoms with van der Waals surface area (Å²) in [5, 5.41) is 3.41. The van der Waals surface area contributed by atoms with Crippen LogP contribution in [0.25, 0.3) is 0 Å². The third kappa shape index (κ3) is 2.91. The maximum absolute atomic E-state index is 13.1. The zero-order valence-electron chi connectivity index (χ0n) is 12.6. The molecule has 2 heteroatoms. The molecule has 106 valence electrons. The number of benzene rings is 2. The van der Waals surface area contributed by atoms with Gasteiger partial charge in [-0.25, -0.2) is 4.39 Å². The fourth-order valence-corrected chi connectivity index (χ4v) is 2.84. The first-order valence-corrected chi connectivity index (χ1v) is 6.95. The van der Waals surface area contributed by atoms with Gasteiger partial charge in [-0.1, -0.05) is 55.8 Å². The Balaban J connectivity index is 2.41. The monoisotopic (exact) mass is 271 g/mol. The molecule has 0 radical (unpaired) electrons. The van der Waals surface area contributed by atoms with Crippen molar-refractivity contribution in [3.63, 3.8) is 0 Å². The quantitative estimate of drug-likeness (QED) is 0.870. The second-order valence-electron chi connectivity index (χ2n) is 5.86.